The largest absolute Gasteiger partial charge is 0.321 e. The van der Waals surface area contributed by atoms with Crippen LogP contribution in [0.25, 0.3) is 0 Å². The second-order valence-corrected chi connectivity index (χ2v) is 7.92. The summed E-state index contributed by atoms with van der Waals surface area (Å²) in [5.41, 5.74) is 3.59. The fraction of sp³-hybridized carbons (Fsp3) is 0.381. The van der Waals surface area contributed by atoms with Crippen LogP contribution in [0.4, 0.5) is 11.4 Å². The Bertz CT molecular complexity index is 861. The second-order valence-electron chi connectivity index (χ2n) is 7.56. The van der Waals surface area contributed by atoms with Gasteiger partial charge in [-0.3, -0.25) is 9.59 Å². The number of carbonyl (C=O) groups excluding carboxylic acids is 2. The van der Waals surface area contributed by atoms with Crippen molar-refractivity contribution < 1.29 is 19.4 Å². The molecule has 0 atom stereocenters. The van der Waals surface area contributed by atoms with E-state index in [4.69, 9.17) is 11.6 Å². The lowest BCUT2D eigenvalue weighted by Gasteiger charge is -2.29. The summed E-state index contributed by atoms with van der Waals surface area (Å²) in [6.45, 7) is 8.24. The minimum absolute atomic E-state index is 0.0322. The van der Waals surface area contributed by atoms with Crippen LogP contribution in [0, 0.1) is 13.8 Å². The van der Waals surface area contributed by atoms with Crippen LogP contribution in [0.15, 0.2) is 36.5 Å². The number of amides is 2. The van der Waals surface area contributed by atoms with E-state index in [1.54, 1.807) is 18.3 Å². The van der Waals surface area contributed by atoms with Gasteiger partial charge in [-0.1, -0.05) is 29.8 Å². The fourth-order valence-corrected chi connectivity index (χ4v) is 3.80. The van der Waals surface area contributed by atoms with E-state index in [0.717, 1.165) is 43.0 Å². The molecule has 1 aliphatic heterocycles. The molecule has 1 saturated heterocycles. The van der Waals surface area contributed by atoms with Crippen molar-refractivity contribution in [3.05, 3.63) is 52.8 Å². The Kier molecular flexibility index (Phi) is 7.19. The van der Waals surface area contributed by atoms with Crippen LogP contribution in [0.3, 0.4) is 0 Å². The molecule has 3 rings (SSSR count). The minimum atomic E-state index is -0.0777. The first-order chi connectivity index (χ1) is 13.9. The predicted molar refractivity (Wildman–Crippen MR) is 114 cm³/mol. The molecule has 1 fully saturated rings. The molecule has 8 heteroatoms. The molecule has 1 aromatic heterocycles. The van der Waals surface area contributed by atoms with Gasteiger partial charge >= 0.3 is 0 Å². The Labute approximate surface area is 176 Å². The van der Waals surface area contributed by atoms with Gasteiger partial charge in [0.15, 0.2) is 18.2 Å². The fourth-order valence-electron chi connectivity index (χ4n) is 3.63. The van der Waals surface area contributed by atoms with Gasteiger partial charge in [0.1, 0.15) is 26.2 Å². The first-order valence-electron chi connectivity index (χ1n) is 9.86. The molecule has 1 aliphatic rings. The van der Waals surface area contributed by atoms with Gasteiger partial charge in [-0.05, 0) is 37.1 Å². The van der Waals surface area contributed by atoms with Crippen LogP contribution in [-0.4, -0.2) is 56.1 Å². The lowest BCUT2D eigenvalue weighted by Crippen LogP contribution is -3.28. The lowest BCUT2D eigenvalue weighted by molar-refractivity contribution is -1.00. The summed E-state index contributed by atoms with van der Waals surface area (Å²) < 4.78 is 0. The first kappa shape index (κ1) is 21.2. The molecule has 0 saturated carbocycles. The van der Waals surface area contributed by atoms with Gasteiger partial charge in [0.05, 0.1) is 5.69 Å². The van der Waals surface area contributed by atoms with E-state index >= 15 is 0 Å². The number of rotatable bonds is 6. The Morgan fingerprint density at radius 2 is 1.48 bits per heavy atom. The van der Waals surface area contributed by atoms with Crippen LogP contribution in [0.2, 0.25) is 5.15 Å². The van der Waals surface area contributed by atoms with E-state index < -0.39 is 0 Å². The average molecular weight is 418 g/mol. The number of quaternary nitrogens is 2. The van der Waals surface area contributed by atoms with E-state index in [9.17, 15) is 9.59 Å². The zero-order valence-corrected chi connectivity index (χ0v) is 17.6. The van der Waals surface area contributed by atoms with E-state index in [-0.39, 0.29) is 11.8 Å². The summed E-state index contributed by atoms with van der Waals surface area (Å²) in [4.78, 5) is 31.1. The van der Waals surface area contributed by atoms with Gasteiger partial charge in [0.25, 0.3) is 11.8 Å². The minimum Gasteiger partial charge on any atom is -0.321 e. The molecule has 4 N–H and O–H groups in total. The smallest absolute Gasteiger partial charge is 0.279 e. The number of hydrogen-bond donors (Lipinski definition) is 4. The average Bonchev–Trinajstić information content (AvgIpc) is 2.68. The van der Waals surface area contributed by atoms with Gasteiger partial charge in [0.2, 0.25) is 0 Å². The first-order valence-corrected chi connectivity index (χ1v) is 10.2. The summed E-state index contributed by atoms with van der Waals surface area (Å²) in [5, 5.41) is 6.16. The third kappa shape index (κ3) is 6.00. The SMILES string of the molecule is Cc1cccc(C)c1NC(=O)C[NH+]1CC[NH+](CC(=O)Nc2cccnc2Cl)CC1. The van der Waals surface area contributed by atoms with Crippen molar-refractivity contribution in [3.8, 4) is 0 Å². The number of benzene rings is 1. The number of carbonyl (C=O) groups is 2. The number of aromatic nitrogens is 1. The molecule has 1 aromatic carbocycles. The lowest BCUT2D eigenvalue weighted by atomic mass is 10.1. The second kappa shape index (κ2) is 9.82. The monoisotopic (exact) mass is 417 g/mol. The topological polar surface area (TPSA) is 80.0 Å². The highest BCUT2D eigenvalue weighted by Gasteiger charge is 2.26. The van der Waals surface area contributed by atoms with E-state index in [0.29, 0.717) is 23.9 Å². The molecule has 2 aromatic rings. The molecular formula is C21H28ClN5O2+2. The van der Waals surface area contributed by atoms with Crippen LogP contribution in [0.5, 0.6) is 0 Å². The zero-order chi connectivity index (χ0) is 20.8. The number of hydrogen-bond acceptors (Lipinski definition) is 3. The molecule has 0 bridgehead atoms. The quantitative estimate of drug-likeness (QED) is 0.488. The van der Waals surface area contributed by atoms with Gasteiger partial charge in [-0.2, -0.15) is 0 Å². The third-order valence-electron chi connectivity index (χ3n) is 5.26. The highest BCUT2D eigenvalue weighted by atomic mass is 35.5. The van der Waals surface area contributed by atoms with E-state index in [2.05, 4.69) is 15.6 Å². The Balaban J connectivity index is 1.42. The molecule has 0 aliphatic carbocycles. The maximum atomic E-state index is 12.5. The van der Waals surface area contributed by atoms with Gasteiger partial charge in [0, 0.05) is 11.9 Å². The van der Waals surface area contributed by atoms with Gasteiger partial charge < -0.3 is 20.4 Å². The van der Waals surface area contributed by atoms with Crippen molar-refractivity contribution >= 4 is 34.8 Å². The Morgan fingerprint density at radius 3 is 2.03 bits per heavy atom. The molecule has 0 radical (unpaired) electrons. The summed E-state index contributed by atoms with van der Waals surface area (Å²) in [6.07, 6.45) is 1.59. The van der Waals surface area contributed by atoms with Crippen LogP contribution in [0.1, 0.15) is 11.1 Å². The standard InChI is InChI=1S/C21H26ClN5O2/c1-15-5-3-6-16(2)20(15)25-19(29)14-27-11-9-26(10-12-27)13-18(28)24-17-7-4-8-23-21(17)22/h3-8H,9-14H2,1-2H3,(H,24,28)(H,25,29)/p+2. The number of piperazine rings is 1. The number of aryl methyl sites for hydroxylation is 2. The zero-order valence-electron chi connectivity index (χ0n) is 16.8. The number of halogens is 1. The van der Waals surface area contributed by atoms with Crippen LogP contribution in [-0.2, 0) is 9.59 Å². The number of pyridine rings is 1. The highest BCUT2D eigenvalue weighted by molar-refractivity contribution is 6.32. The number of nitrogens with one attached hydrogen (secondary N) is 4. The van der Waals surface area contributed by atoms with Crippen molar-refractivity contribution in [2.24, 2.45) is 0 Å². The molecule has 2 heterocycles. The third-order valence-corrected chi connectivity index (χ3v) is 5.57. The molecule has 154 valence electrons. The maximum absolute atomic E-state index is 12.5. The molecule has 0 unspecified atom stereocenters. The molecular weight excluding hydrogens is 390 g/mol. The Hall–Kier alpha value is -2.48. The molecule has 0 spiro atoms. The van der Waals surface area contributed by atoms with Crippen molar-refractivity contribution in [2.45, 2.75) is 13.8 Å². The number of para-hydroxylation sites is 1. The highest BCUT2D eigenvalue weighted by Crippen LogP contribution is 2.19. The van der Waals surface area contributed by atoms with E-state index in [1.165, 1.54) is 9.80 Å². The normalized spacial score (nSPS) is 18.9. The summed E-state index contributed by atoms with van der Waals surface area (Å²) in [7, 11) is 0. The van der Waals surface area contributed by atoms with Crippen molar-refractivity contribution in [1.82, 2.24) is 4.98 Å². The van der Waals surface area contributed by atoms with Crippen molar-refractivity contribution in [3.63, 3.8) is 0 Å². The maximum Gasteiger partial charge on any atom is 0.279 e. The summed E-state index contributed by atoms with van der Waals surface area (Å²) in [5.74, 6) is -0.0454. The number of anilines is 2. The number of nitrogens with zero attached hydrogens (tertiary/aromatic N) is 1. The molecule has 7 nitrogen and oxygen atoms in total. The molecule has 29 heavy (non-hydrogen) atoms. The van der Waals surface area contributed by atoms with Crippen molar-refractivity contribution in [2.75, 3.05) is 49.9 Å². The summed E-state index contributed by atoms with van der Waals surface area (Å²) >= 11 is 5.98. The van der Waals surface area contributed by atoms with Gasteiger partial charge in [-0.15, -0.1) is 0 Å². The molecule has 2 amide bonds. The predicted octanol–water partition coefficient (Wildman–Crippen LogP) is -0.288. The van der Waals surface area contributed by atoms with Crippen LogP contribution < -0.4 is 20.4 Å². The van der Waals surface area contributed by atoms with Gasteiger partial charge in [-0.25, -0.2) is 4.98 Å². The van der Waals surface area contributed by atoms with E-state index in [1.807, 2.05) is 32.0 Å². The Morgan fingerprint density at radius 1 is 0.931 bits per heavy atom. The van der Waals surface area contributed by atoms with Crippen molar-refractivity contribution in [1.29, 1.82) is 0 Å². The van der Waals surface area contributed by atoms with Crippen LogP contribution >= 0.6 is 11.6 Å². The summed E-state index contributed by atoms with van der Waals surface area (Å²) in [6, 6.07) is 9.47.